The average Bonchev–Trinajstić information content (AvgIpc) is 2.68. The largest absolute Gasteiger partial charge is 0.496 e. The molecule has 0 aliphatic rings. The van der Waals surface area contributed by atoms with Gasteiger partial charge in [-0.25, -0.2) is 10.2 Å². The highest BCUT2D eigenvalue weighted by atomic mass is 16.5. The zero-order valence-electron chi connectivity index (χ0n) is 15.1. The van der Waals surface area contributed by atoms with Crippen molar-refractivity contribution in [2.24, 2.45) is 5.10 Å². The van der Waals surface area contributed by atoms with E-state index in [0.29, 0.717) is 28.4 Å². The molecule has 1 atom stereocenters. The summed E-state index contributed by atoms with van der Waals surface area (Å²) in [7, 11) is 2.93. The van der Waals surface area contributed by atoms with Gasteiger partial charge in [0.15, 0.2) is 17.6 Å². The molecule has 0 saturated heterocycles. The number of ether oxygens (including phenoxy) is 3. The second-order valence-corrected chi connectivity index (χ2v) is 5.41. The number of hydrogen-bond donors (Lipinski definition) is 2. The van der Waals surface area contributed by atoms with E-state index in [1.807, 2.05) is 0 Å². The predicted octanol–water partition coefficient (Wildman–Crippen LogP) is 2.32. The first kappa shape index (κ1) is 19.8. The number of methoxy groups -OCH3 is 2. The van der Waals surface area contributed by atoms with Gasteiger partial charge in [0.2, 0.25) is 0 Å². The number of hydrogen-bond acceptors (Lipinski definition) is 6. The standard InChI is InChI=1S/C19H20N2O6/c1-12(19(23)24)27-16-9-8-13(10-17(16)26-3)11-20-21-18(22)14-6-4-5-7-15(14)25-2/h4-12H,1-3H3,(H,21,22)(H,23,24)/b20-11-/t12-/m1/s1. The molecule has 1 amide bonds. The lowest BCUT2D eigenvalue weighted by molar-refractivity contribution is -0.144. The van der Waals surface area contributed by atoms with Crippen molar-refractivity contribution in [3.05, 3.63) is 53.6 Å². The molecule has 0 aromatic heterocycles. The molecule has 0 radical (unpaired) electrons. The summed E-state index contributed by atoms with van der Waals surface area (Å²) in [6.07, 6.45) is 0.416. The van der Waals surface area contributed by atoms with Crippen LogP contribution in [-0.4, -0.2) is 43.5 Å². The van der Waals surface area contributed by atoms with Crippen LogP contribution in [0.3, 0.4) is 0 Å². The lowest BCUT2D eigenvalue weighted by Crippen LogP contribution is -2.23. The van der Waals surface area contributed by atoms with Crippen molar-refractivity contribution in [1.29, 1.82) is 0 Å². The number of benzene rings is 2. The molecule has 0 unspecified atom stereocenters. The molecule has 8 heteroatoms. The highest BCUT2D eigenvalue weighted by Gasteiger charge is 2.15. The number of para-hydroxylation sites is 1. The molecule has 0 bridgehead atoms. The average molecular weight is 372 g/mol. The quantitative estimate of drug-likeness (QED) is 0.544. The summed E-state index contributed by atoms with van der Waals surface area (Å²) in [4.78, 5) is 23.1. The monoisotopic (exact) mass is 372 g/mol. The first-order valence-corrected chi connectivity index (χ1v) is 8.00. The Kier molecular flexibility index (Phi) is 6.76. The smallest absolute Gasteiger partial charge is 0.344 e. The highest BCUT2D eigenvalue weighted by molar-refractivity contribution is 5.97. The van der Waals surface area contributed by atoms with Gasteiger partial charge in [-0.1, -0.05) is 12.1 Å². The summed E-state index contributed by atoms with van der Waals surface area (Å²) in [5, 5.41) is 12.8. The lowest BCUT2D eigenvalue weighted by Gasteiger charge is -2.14. The summed E-state index contributed by atoms with van der Waals surface area (Å²) in [6.45, 7) is 1.42. The number of aliphatic carboxylic acids is 1. The Balaban J connectivity index is 2.08. The molecule has 142 valence electrons. The number of carboxylic acids is 1. The minimum Gasteiger partial charge on any atom is -0.496 e. The van der Waals surface area contributed by atoms with Gasteiger partial charge in [-0.2, -0.15) is 5.10 Å². The molecule has 0 aliphatic heterocycles. The van der Waals surface area contributed by atoms with Crippen molar-refractivity contribution in [2.75, 3.05) is 14.2 Å². The second-order valence-electron chi connectivity index (χ2n) is 5.41. The highest BCUT2D eigenvalue weighted by Crippen LogP contribution is 2.28. The lowest BCUT2D eigenvalue weighted by atomic mass is 10.2. The van der Waals surface area contributed by atoms with E-state index in [9.17, 15) is 9.59 Å². The summed E-state index contributed by atoms with van der Waals surface area (Å²) < 4.78 is 15.7. The van der Waals surface area contributed by atoms with Crippen LogP contribution in [-0.2, 0) is 4.79 Å². The molecule has 0 fully saturated rings. The van der Waals surface area contributed by atoms with Crippen molar-refractivity contribution in [2.45, 2.75) is 13.0 Å². The number of nitrogens with zero attached hydrogens (tertiary/aromatic N) is 1. The molecule has 2 N–H and O–H groups in total. The topological polar surface area (TPSA) is 106 Å². The van der Waals surface area contributed by atoms with Crippen molar-refractivity contribution in [3.8, 4) is 17.2 Å². The zero-order chi connectivity index (χ0) is 19.8. The van der Waals surface area contributed by atoms with Gasteiger partial charge in [0.1, 0.15) is 5.75 Å². The molecule has 0 heterocycles. The third-order valence-corrected chi connectivity index (χ3v) is 3.57. The molecule has 2 aromatic carbocycles. The normalized spacial score (nSPS) is 11.7. The maximum absolute atomic E-state index is 12.2. The predicted molar refractivity (Wildman–Crippen MR) is 98.8 cm³/mol. The molecular formula is C19H20N2O6. The first-order valence-electron chi connectivity index (χ1n) is 8.00. The van der Waals surface area contributed by atoms with Crippen LogP contribution in [0.2, 0.25) is 0 Å². The Bertz CT molecular complexity index is 850. The summed E-state index contributed by atoms with van der Waals surface area (Å²) in [6, 6.07) is 11.6. The number of carboxylic acid groups (broad SMARTS) is 1. The zero-order valence-corrected chi connectivity index (χ0v) is 15.1. The Hall–Kier alpha value is -3.55. The van der Waals surface area contributed by atoms with Gasteiger partial charge < -0.3 is 19.3 Å². The van der Waals surface area contributed by atoms with Crippen LogP contribution in [0.25, 0.3) is 0 Å². The van der Waals surface area contributed by atoms with Crippen LogP contribution in [0, 0.1) is 0 Å². The fourth-order valence-electron chi connectivity index (χ4n) is 2.16. The summed E-state index contributed by atoms with van der Waals surface area (Å²) in [5.74, 6) is -0.403. The van der Waals surface area contributed by atoms with Crippen molar-refractivity contribution in [3.63, 3.8) is 0 Å². The van der Waals surface area contributed by atoms with E-state index in [2.05, 4.69) is 10.5 Å². The maximum atomic E-state index is 12.2. The molecule has 0 spiro atoms. The first-order chi connectivity index (χ1) is 13.0. The van der Waals surface area contributed by atoms with E-state index in [0.717, 1.165) is 0 Å². The van der Waals surface area contributed by atoms with Gasteiger partial charge >= 0.3 is 5.97 Å². The van der Waals surface area contributed by atoms with Crippen LogP contribution in [0.1, 0.15) is 22.8 Å². The van der Waals surface area contributed by atoms with E-state index in [-0.39, 0.29) is 0 Å². The number of amides is 1. The number of hydrazone groups is 1. The molecule has 2 rings (SSSR count). The summed E-state index contributed by atoms with van der Waals surface area (Å²) in [5.41, 5.74) is 3.41. The van der Waals surface area contributed by atoms with E-state index >= 15 is 0 Å². The second kappa shape index (κ2) is 9.23. The van der Waals surface area contributed by atoms with Gasteiger partial charge in [0.25, 0.3) is 5.91 Å². The summed E-state index contributed by atoms with van der Waals surface area (Å²) >= 11 is 0. The number of carbonyl (C=O) groups is 2. The minimum atomic E-state index is -1.08. The van der Waals surface area contributed by atoms with Crippen LogP contribution in [0.15, 0.2) is 47.6 Å². The van der Waals surface area contributed by atoms with Crippen LogP contribution in [0.5, 0.6) is 17.2 Å². The SMILES string of the molecule is COc1cc(/C=N\NC(=O)c2ccccc2OC)ccc1O[C@H](C)C(=O)O. The molecular weight excluding hydrogens is 352 g/mol. The van der Waals surface area contributed by atoms with Crippen molar-refractivity contribution < 1.29 is 28.9 Å². The van der Waals surface area contributed by atoms with E-state index in [1.54, 1.807) is 42.5 Å². The van der Waals surface area contributed by atoms with Gasteiger partial charge in [0.05, 0.1) is 26.0 Å². The molecule has 0 saturated carbocycles. The number of carbonyl (C=O) groups excluding carboxylic acids is 1. The third kappa shape index (κ3) is 5.21. The van der Waals surface area contributed by atoms with Gasteiger partial charge in [0, 0.05) is 0 Å². The molecule has 27 heavy (non-hydrogen) atoms. The Morgan fingerprint density at radius 2 is 1.78 bits per heavy atom. The van der Waals surface area contributed by atoms with Gasteiger partial charge in [-0.15, -0.1) is 0 Å². The molecule has 2 aromatic rings. The van der Waals surface area contributed by atoms with E-state index in [4.69, 9.17) is 19.3 Å². The van der Waals surface area contributed by atoms with Gasteiger partial charge in [-0.05, 0) is 42.8 Å². The fraction of sp³-hybridized carbons (Fsp3) is 0.211. The number of nitrogens with one attached hydrogen (secondary N) is 1. The Morgan fingerprint density at radius 3 is 2.44 bits per heavy atom. The van der Waals surface area contributed by atoms with Crippen LogP contribution in [0.4, 0.5) is 0 Å². The van der Waals surface area contributed by atoms with Crippen molar-refractivity contribution in [1.82, 2.24) is 5.43 Å². The minimum absolute atomic E-state index is 0.294. The van der Waals surface area contributed by atoms with Crippen LogP contribution < -0.4 is 19.6 Å². The maximum Gasteiger partial charge on any atom is 0.344 e. The Morgan fingerprint density at radius 1 is 1.07 bits per heavy atom. The van der Waals surface area contributed by atoms with Gasteiger partial charge in [-0.3, -0.25) is 4.79 Å². The van der Waals surface area contributed by atoms with E-state index in [1.165, 1.54) is 27.4 Å². The molecule has 0 aliphatic carbocycles. The molecule has 8 nitrogen and oxygen atoms in total. The van der Waals surface area contributed by atoms with Crippen LogP contribution >= 0.6 is 0 Å². The third-order valence-electron chi connectivity index (χ3n) is 3.57. The Labute approximate surface area is 156 Å². The van der Waals surface area contributed by atoms with E-state index < -0.39 is 18.0 Å². The number of rotatable bonds is 8. The fourth-order valence-corrected chi connectivity index (χ4v) is 2.16. The van der Waals surface area contributed by atoms with Crippen molar-refractivity contribution >= 4 is 18.1 Å².